The fourth-order valence-electron chi connectivity index (χ4n) is 2.83. The first-order valence-corrected chi connectivity index (χ1v) is 8.06. The van der Waals surface area contributed by atoms with Crippen LogP contribution in [0.1, 0.15) is 5.56 Å². The second-order valence-corrected chi connectivity index (χ2v) is 6.30. The molecule has 4 nitrogen and oxygen atoms in total. The predicted octanol–water partition coefficient (Wildman–Crippen LogP) is 4.01. The molecule has 1 heterocycles. The molecule has 0 saturated carbocycles. The molecule has 0 aromatic heterocycles. The Bertz CT molecular complexity index is 675. The van der Waals surface area contributed by atoms with Crippen molar-refractivity contribution < 1.29 is 4.18 Å². The van der Waals surface area contributed by atoms with Gasteiger partial charge in [0.05, 0.1) is 18.5 Å². The lowest BCUT2D eigenvalue weighted by atomic mass is 10.0. The molecule has 0 spiro atoms. The van der Waals surface area contributed by atoms with Gasteiger partial charge in [-0.1, -0.05) is 12.1 Å². The van der Waals surface area contributed by atoms with Crippen LogP contribution in [0.4, 0.5) is 17.1 Å². The van der Waals surface area contributed by atoms with Gasteiger partial charge in [-0.3, -0.25) is 4.31 Å². The highest BCUT2D eigenvalue weighted by molar-refractivity contribution is 7.96. The van der Waals surface area contributed by atoms with Gasteiger partial charge in [-0.15, -0.1) is 0 Å². The van der Waals surface area contributed by atoms with Crippen molar-refractivity contribution in [1.29, 1.82) is 0 Å². The number of fused-ring (bicyclic) bond motifs is 1. The lowest BCUT2D eigenvalue weighted by Gasteiger charge is -2.20. The van der Waals surface area contributed by atoms with E-state index in [2.05, 4.69) is 47.0 Å². The summed E-state index contributed by atoms with van der Waals surface area (Å²) in [5.41, 5.74) is 7.33. The summed E-state index contributed by atoms with van der Waals surface area (Å²) in [5.74, 6) is 0. The van der Waals surface area contributed by atoms with Gasteiger partial charge in [0.25, 0.3) is 0 Å². The number of benzene rings is 2. The zero-order chi connectivity index (χ0) is 15.5. The fraction of sp³-hybridized carbons (Fsp3) is 0.294. The van der Waals surface area contributed by atoms with Crippen molar-refractivity contribution in [3.8, 4) is 11.1 Å². The van der Waals surface area contributed by atoms with Crippen LogP contribution in [-0.2, 0) is 10.6 Å². The third-order valence-electron chi connectivity index (χ3n) is 3.94. The standard InChI is InChI=1S/C17H21N3OS/c1-18-16-11-13(5-7-17(16)20(2)22-21-3)12-4-6-15-14(10-12)8-9-19-15/h4-7,10-11,18-19H,8-9H2,1-3H3. The molecule has 1 aliphatic heterocycles. The normalized spacial score (nSPS) is 12.7. The summed E-state index contributed by atoms with van der Waals surface area (Å²) in [4.78, 5) is 0. The average molecular weight is 315 g/mol. The van der Waals surface area contributed by atoms with Crippen LogP contribution in [0.5, 0.6) is 0 Å². The molecule has 22 heavy (non-hydrogen) atoms. The molecule has 2 aromatic rings. The molecule has 2 aromatic carbocycles. The highest BCUT2D eigenvalue weighted by atomic mass is 32.2. The van der Waals surface area contributed by atoms with Crippen molar-refractivity contribution in [2.24, 2.45) is 0 Å². The van der Waals surface area contributed by atoms with Gasteiger partial charge in [-0.05, 0) is 47.4 Å². The maximum atomic E-state index is 5.13. The highest BCUT2D eigenvalue weighted by Gasteiger charge is 2.13. The molecule has 2 N–H and O–H groups in total. The molecule has 0 bridgehead atoms. The van der Waals surface area contributed by atoms with Gasteiger partial charge in [0.1, 0.15) is 12.2 Å². The lowest BCUT2D eigenvalue weighted by molar-refractivity contribution is 0.489. The molecule has 0 aliphatic carbocycles. The molecule has 0 amide bonds. The van der Waals surface area contributed by atoms with Gasteiger partial charge in [0.2, 0.25) is 0 Å². The Morgan fingerprint density at radius 3 is 2.73 bits per heavy atom. The number of nitrogens with zero attached hydrogens (tertiary/aromatic N) is 1. The maximum Gasteiger partial charge on any atom is 0.114 e. The first-order valence-electron chi connectivity index (χ1n) is 7.36. The first kappa shape index (κ1) is 15.1. The van der Waals surface area contributed by atoms with E-state index in [1.54, 1.807) is 7.11 Å². The molecular formula is C17H21N3OS. The number of nitrogens with one attached hydrogen (secondary N) is 2. The van der Waals surface area contributed by atoms with Crippen LogP contribution in [0.25, 0.3) is 11.1 Å². The Morgan fingerprint density at radius 2 is 1.95 bits per heavy atom. The Morgan fingerprint density at radius 1 is 1.18 bits per heavy atom. The largest absolute Gasteiger partial charge is 0.386 e. The van der Waals surface area contributed by atoms with Crippen molar-refractivity contribution in [3.63, 3.8) is 0 Å². The van der Waals surface area contributed by atoms with Gasteiger partial charge in [0, 0.05) is 26.3 Å². The number of hydrogen-bond donors (Lipinski definition) is 2. The summed E-state index contributed by atoms with van der Waals surface area (Å²) in [6.07, 6.45) is 1.10. The Kier molecular flexibility index (Phi) is 4.45. The van der Waals surface area contributed by atoms with E-state index in [9.17, 15) is 0 Å². The molecular weight excluding hydrogens is 294 g/mol. The van der Waals surface area contributed by atoms with Gasteiger partial charge in [0.15, 0.2) is 0 Å². The predicted molar refractivity (Wildman–Crippen MR) is 96.6 cm³/mol. The second kappa shape index (κ2) is 6.50. The van der Waals surface area contributed by atoms with Gasteiger partial charge < -0.3 is 14.8 Å². The minimum atomic E-state index is 1.04. The third-order valence-corrected chi connectivity index (χ3v) is 4.51. The Balaban J connectivity index is 1.95. The third kappa shape index (κ3) is 2.87. The SMILES string of the molecule is CNc1cc(-c2ccc3c(c2)CCN3)ccc1N(C)SOC. The van der Waals surface area contributed by atoms with Crippen LogP contribution < -0.4 is 14.9 Å². The van der Waals surface area contributed by atoms with E-state index in [1.165, 1.54) is 34.6 Å². The molecule has 0 unspecified atom stereocenters. The molecule has 0 radical (unpaired) electrons. The van der Waals surface area contributed by atoms with E-state index in [0.29, 0.717) is 0 Å². The van der Waals surface area contributed by atoms with Crippen molar-refractivity contribution in [2.75, 3.05) is 42.7 Å². The van der Waals surface area contributed by atoms with Gasteiger partial charge >= 0.3 is 0 Å². The van der Waals surface area contributed by atoms with E-state index in [0.717, 1.165) is 24.3 Å². The number of rotatable bonds is 5. The molecule has 5 heteroatoms. The second-order valence-electron chi connectivity index (χ2n) is 5.27. The first-order chi connectivity index (χ1) is 10.7. The van der Waals surface area contributed by atoms with Gasteiger partial charge in [-0.25, -0.2) is 0 Å². The van der Waals surface area contributed by atoms with Gasteiger partial charge in [-0.2, -0.15) is 0 Å². The number of anilines is 3. The maximum absolute atomic E-state index is 5.13. The van der Waals surface area contributed by atoms with E-state index in [4.69, 9.17) is 4.18 Å². The molecule has 3 rings (SSSR count). The van der Waals surface area contributed by atoms with E-state index < -0.39 is 0 Å². The van der Waals surface area contributed by atoms with Crippen LogP contribution in [0.2, 0.25) is 0 Å². The molecule has 0 atom stereocenters. The summed E-state index contributed by atoms with van der Waals surface area (Å²) < 4.78 is 7.13. The van der Waals surface area contributed by atoms with Crippen molar-refractivity contribution in [1.82, 2.24) is 0 Å². The van der Waals surface area contributed by atoms with Crippen molar-refractivity contribution >= 4 is 29.3 Å². The van der Waals surface area contributed by atoms with Crippen LogP contribution >= 0.6 is 12.2 Å². The quantitative estimate of drug-likeness (QED) is 0.644. The minimum absolute atomic E-state index is 1.04. The summed E-state index contributed by atoms with van der Waals surface area (Å²) in [5, 5.41) is 6.68. The topological polar surface area (TPSA) is 36.5 Å². The van der Waals surface area contributed by atoms with Crippen molar-refractivity contribution in [3.05, 3.63) is 42.0 Å². The Labute approximate surface area is 136 Å². The average Bonchev–Trinajstić information content (AvgIpc) is 3.02. The lowest BCUT2D eigenvalue weighted by Crippen LogP contribution is -2.09. The smallest absolute Gasteiger partial charge is 0.114 e. The summed E-state index contributed by atoms with van der Waals surface area (Å²) >= 11 is 1.32. The van der Waals surface area contributed by atoms with Crippen LogP contribution in [0, 0.1) is 0 Å². The van der Waals surface area contributed by atoms with E-state index >= 15 is 0 Å². The fourth-order valence-corrected chi connectivity index (χ4v) is 3.29. The van der Waals surface area contributed by atoms with E-state index in [1.807, 2.05) is 18.4 Å². The highest BCUT2D eigenvalue weighted by Crippen LogP contribution is 2.35. The summed E-state index contributed by atoms with van der Waals surface area (Å²) in [6.45, 7) is 1.04. The zero-order valence-corrected chi connectivity index (χ0v) is 14.0. The summed E-state index contributed by atoms with van der Waals surface area (Å²) in [6, 6.07) is 13.1. The van der Waals surface area contributed by atoms with Crippen molar-refractivity contribution in [2.45, 2.75) is 6.42 Å². The van der Waals surface area contributed by atoms with Crippen LogP contribution in [0.3, 0.4) is 0 Å². The van der Waals surface area contributed by atoms with E-state index in [-0.39, 0.29) is 0 Å². The Hall–Kier alpha value is -1.85. The van der Waals surface area contributed by atoms with Crippen LogP contribution in [0.15, 0.2) is 36.4 Å². The molecule has 0 saturated heterocycles. The summed E-state index contributed by atoms with van der Waals surface area (Å²) in [7, 11) is 5.61. The number of hydrogen-bond acceptors (Lipinski definition) is 5. The molecule has 116 valence electrons. The zero-order valence-electron chi connectivity index (χ0n) is 13.1. The molecule has 0 fully saturated rings. The monoisotopic (exact) mass is 315 g/mol. The van der Waals surface area contributed by atoms with Crippen LogP contribution in [-0.4, -0.2) is 27.7 Å². The molecule has 1 aliphatic rings. The minimum Gasteiger partial charge on any atom is -0.386 e.